The lowest BCUT2D eigenvalue weighted by Gasteiger charge is -2.14. The summed E-state index contributed by atoms with van der Waals surface area (Å²) in [5.74, 6) is 0. The first-order valence-corrected chi connectivity index (χ1v) is 5.80. The van der Waals surface area contributed by atoms with Crippen LogP contribution in [-0.4, -0.2) is 4.98 Å². The molecule has 112 valence electrons. The van der Waals surface area contributed by atoms with Crippen LogP contribution in [0.1, 0.15) is 16.7 Å². The topological polar surface area (TPSA) is 12.9 Å². The first-order chi connectivity index (χ1) is 9.57. The van der Waals surface area contributed by atoms with Crippen LogP contribution in [0, 0.1) is 6.92 Å². The number of aryl methyl sites for hydroxylation is 1. The molecule has 1 aromatic carbocycles. The number of benzene rings is 1. The van der Waals surface area contributed by atoms with Crippen molar-refractivity contribution in [2.45, 2.75) is 19.3 Å². The Morgan fingerprint density at radius 3 is 1.71 bits per heavy atom. The number of alkyl halides is 6. The first-order valence-electron chi connectivity index (χ1n) is 5.80. The van der Waals surface area contributed by atoms with Crippen molar-refractivity contribution in [1.29, 1.82) is 0 Å². The minimum Gasteiger partial charge on any atom is -0.256 e. The van der Waals surface area contributed by atoms with Crippen LogP contribution in [0.25, 0.3) is 11.3 Å². The van der Waals surface area contributed by atoms with E-state index in [0.29, 0.717) is 12.1 Å². The molecular formula is C14H9F6N. The van der Waals surface area contributed by atoms with Gasteiger partial charge in [0.1, 0.15) is 0 Å². The van der Waals surface area contributed by atoms with Gasteiger partial charge < -0.3 is 0 Å². The number of hydrogen-bond donors (Lipinski definition) is 0. The van der Waals surface area contributed by atoms with Gasteiger partial charge in [-0.3, -0.25) is 4.98 Å². The van der Waals surface area contributed by atoms with Gasteiger partial charge in [0.05, 0.1) is 16.8 Å². The summed E-state index contributed by atoms with van der Waals surface area (Å²) in [5.41, 5.74) is -2.12. The lowest BCUT2D eigenvalue weighted by Crippen LogP contribution is -2.11. The molecule has 0 spiro atoms. The molecule has 1 aromatic heterocycles. The summed E-state index contributed by atoms with van der Waals surface area (Å²) < 4.78 is 76.4. The second-order valence-electron chi connectivity index (χ2n) is 4.52. The van der Waals surface area contributed by atoms with Crippen molar-refractivity contribution in [2.75, 3.05) is 0 Å². The monoisotopic (exact) mass is 305 g/mol. The molecule has 0 saturated carbocycles. The Morgan fingerprint density at radius 1 is 0.810 bits per heavy atom. The van der Waals surface area contributed by atoms with E-state index < -0.39 is 23.5 Å². The SMILES string of the molecule is Cc1ccc(-c2cc(C(F)(F)F)cc(C(F)(F)F)c2)nc1. The summed E-state index contributed by atoms with van der Waals surface area (Å²) in [7, 11) is 0. The van der Waals surface area contributed by atoms with Crippen molar-refractivity contribution in [3.05, 3.63) is 53.2 Å². The van der Waals surface area contributed by atoms with Crippen LogP contribution < -0.4 is 0 Å². The van der Waals surface area contributed by atoms with E-state index in [1.165, 1.54) is 12.3 Å². The third-order valence-electron chi connectivity index (χ3n) is 2.79. The maximum atomic E-state index is 12.7. The van der Waals surface area contributed by atoms with Crippen molar-refractivity contribution in [2.24, 2.45) is 0 Å². The van der Waals surface area contributed by atoms with Gasteiger partial charge in [0, 0.05) is 11.8 Å². The van der Waals surface area contributed by atoms with Crippen LogP contribution in [0.15, 0.2) is 36.5 Å². The number of pyridine rings is 1. The van der Waals surface area contributed by atoms with Crippen molar-refractivity contribution in [3.8, 4) is 11.3 Å². The van der Waals surface area contributed by atoms with Gasteiger partial charge in [-0.25, -0.2) is 0 Å². The Bertz CT molecular complexity index is 608. The van der Waals surface area contributed by atoms with E-state index in [4.69, 9.17) is 0 Å². The van der Waals surface area contributed by atoms with Crippen molar-refractivity contribution < 1.29 is 26.3 Å². The molecule has 0 aliphatic rings. The van der Waals surface area contributed by atoms with E-state index in [2.05, 4.69) is 4.98 Å². The van der Waals surface area contributed by atoms with Gasteiger partial charge in [-0.2, -0.15) is 26.3 Å². The van der Waals surface area contributed by atoms with Gasteiger partial charge in [-0.05, 0) is 36.8 Å². The van der Waals surface area contributed by atoms with E-state index >= 15 is 0 Å². The van der Waals surface area contributed by atoms with Crippen molar-refractivity contribution >= 4 is 0 Å². The molecular weight excluding hydrogens is 296 g/mol. The maximum Gasteiger partial charge on any atom is 0.416 e. The summed E-state index contributed by atoms with van der Waals surface area (Å²) in [6.45, 7) is 1.71. The lowest BCUT2D eigenvalue weighted by atomic mass is 10.0. The predicted molar refractivity (Wildman–Crippen MR) is 64.4 cm³/mol. The summed E-state index contributed by atoms with van der Waals surface area (Å²) in [4.78, 5) is 3.86. The fourth-order valence-corrected chi connectivity index (χ4v) is 1.74. The standard InChI is InChI=1S/C14H9F6N/c1-8-2-3-12(21-7-8)9-4-10(13(15,16)17)6-11(5-9)14(18,19)20/h2-7H,1H3. The molecule has 0 bridgehead atoms. The van der Waals surface area contributed by atoms with Gasteiger partial charge in [-0.15, -0.1) is 0 Å². The van der Waals surface area contributed by atoms with Crippen molar-refractivity contribution in [1.82, 2.24) is 4.98 Å². The van der Waals surface area contributed by atoms with E-state index in [1.54, 1.807) is 13.0 Å². The molecule has 0 aliphatic carbocycles. The number of nitrogens with zero attached hydrogens (tertiary/aromatic N) is 1. The fraction of sp³-hybridized carbons (Fsp3) is 0.214. The normalized spacial score (nSPS) is 12.5. The first kappa shape index (κ1) is 15.3. The Labute approximate surface area is 116 Å². The van der Waals surface area contributed by atoms with Crippen LogP contribution in [-0.2, 0) is 12.4 Å². The zero-order valence-corrected chi connectivity index (χ0v) is 10.7. The highest BCUT2D eigenvalue weighted by molar-refractivity contribution is 5.62. The Hall–Kier alpha value is -2.05. The van der Waals surface area contributed by atoms with Gasteiger partial charge in [0.2, 0.25) is 0 Å². The molecule has 0 N–H and O–H groups in total. The van der Waals surface area contributed by atoms with Gasteiger partial charge in [-0.1, -0.05) is 6.07 Å². The average Bonchev–Trinajstić information content (AvgIpc) is 2.37. The minimum absolute atomic E-state index is 0.0530. The summed E-state index contributed by atoms with van der Waals surface area (Å²) in [6.07, 6.45) is -8.34. The molecule has 0 saturated heterocycles. The number of hydrogen-bond acceptors (Lipinski definition) is 1. The van der Waals surface area contributed by atoms with Crippen LogP contribution in [0.4, 0.5) is 26.3 Å². The molecule has 1 nitrogen and oxygen atoms in total. The molecule has 0 atom stereocenters. The second-order valence-corrected chi connectivity index (χ2v) is 4.52. The summed E-state index contributed by atoms with van der Waals surface area (Å²) in [6, 6.07) is 4.36. The van der Waals surface area contributed by atoms with E-state index in [-0.39, 0.29) is 17.3 Å². The number of rotatable bonds is 1. The molecule has 0 radical (unpaired) electrons. The zero-order chi connectivity index (χ0) is 15.8. The van der Waals surface area contributed by atoms with Crippen molar-refractivity contribution in [3.63, 3.8) is 0 Å². The van der Waals surface area contributed by atoms with E-state index in [1.807, 2.05) is 0 Å². The third-order valence-corrected chi connectivity index (χ3v) is 2.79. The molecule has 2 rings (SSSR count). The van der Waals surface area contributed by atoms with Crippen LogP contribution >= 0.6 is 0 Å². The molecule has 0 fully saturated rings. The molecule has 0 amide bonds. The van der Waals surface area contributed by atoms with E-state index in [9.17, 15) is 26.3 Å². The molecule has 2 aromatic rings. The highest BCUT2D eigenvalue weighted by Crippen LogP contribution is 2.38. The number of aromatic nitrogens is 1. The average molecular weight is 305 g/mol. The lowest BCUT2D eigenvalue weighted by molar-refractivity contribution is -0.143. The molecule has 0 unspecified atom stereocenters. The fourth-order valence-electron chi connectivity index (χ4n) is 1.74. The predicted octanol–water partition coefficient (Wildman–Crippen LogP) is 5.09. The molecule has 1 heterocycles. The van der Waals surface area contributed by atoms with Gasteiger partial charge >= 0.3 is 12.4 Å². The highest BCUT2D eigenvalue weighted by atomic mass is 19.4. The van der Waals surface area contributed by atoms with Gasteiger partial charge in [0.15, 0.2) is 0 Å². The summed E-state index contributed by atoms with van der Waals surface area (Å²) in [5, 5.41) is 0. The maximum absolute atomic E-state index is 12.7. The zero-order valence-electron chi connectivity index (χ0n) is 10.7. The Morgan fingerprint density at radius 2 is 1.33 bits per heavy atom. The van der Waals surface area contributed by atoms with Gasteiger partial charge in [0.25, 0.3) is 0 Å². The third kappa shape index (κ3) is 3.53. The number of halogens is 6. The second kappa shape index (κ2) is 5.05. The highest BCUT2D eigenvalue weighted by Gasteiger charge is 2.37. The Kier molecular flexibility index (Phi) is 3.69. The quantitative estimate of drug-likeness (QED) is 0.668. The Balaban J connectivity index is 2.63. The molecule has 21 heavy (non-hydrogen) atoms. The minimum atomic E-state index is -4.86. The van der Waals surface area contributed by atoms with Crippen LogP contribution in [0.3, 0.4) is 0 Å². The van der Waals surface area contributed by atoms with E-state index in [0.717, 1.165) is 5.56 Å². The van der Waals surface area contributed by atoms with Crippen LogP contribution in [0.2, 0.25) is 0 Å². The molecule has 0 aliphatic heterocycles. The smallest absolute Gasteiger partial charge is 0.256 e. The largest absolute Gasteiger partial charge is 0.416 e. The summed E-state index contributed by atoms with van der Waals surface area (Å²) >= 11 is 0. The van der Waals surface area contributed by atoms with Crippen LogP contribution in [0.5, 0.6) is 0 Å². The molecule has 7 heteroatoms.